The first-order valence-electron chi connectivity index (χ1n) is 9.64. The van der Waals surface area contributed by atoms with Gasteiger partial charge in [-0.25, -0.2) is 9.78 Å². The Morgan fingerprint density at radius 3 is 2.86 bits per heavy atom. The first kappa shape index (κ1) is 19.2. The van der Waals surface area contributed by atoms with Gasteiger partial charge in [0.15, 0.2) is 0 Å². The Labute approximate surface area is 169 Å². The maximum Gasteiger partial charge on any atom is 0.375 e. The fourth-order valence-electron chi connectivity index (χ4n) is 3.68. The van der Waals surface area contributed by atoms with Crippen LogP contribution in [0.3, 0.4) is 0 Å². The number of ether oxygens (including phenoxy) is 2. The number of hydrogen-bond acceptors (Lipinski definition) is 6. The van der Waals surface area contributed by atoms with Crippen LogP contribution in [0.1, 0.15) is 45.7 Å². The standard InChI is InChI=1S/C23H23NO5/c1-27-23(26)20-13-24-22(29-20)21(25)18-8-7-17-12-19(10-9-16(17)11-18)28-14-15-5-3-2-4-6-15/h2-6,9-10,12-13,18,21,25H,7-8,11,14H2,1H3. The Morgan fingerprint density at radius 2 is 2.07 bits per heavy atom. The summed E-state index contributed by atoms with van der Waals surface area (Å²) in [5.74, 6) is 0.373. The lowest BCUT2D eigenvalue weighted by Crippen LogP contribution is -2.21. The summed E-state index contributed by atoms with van der Waals surface area (Å²) in [5, 5.41) is 10.7. The number of carbonyl (C=O) groups excluding carboxylic acids is 1. The summed E-state index contributed by atoms with van der Waals surface area (Å²) in [5.41, 5.74) is 3.56. The number of aliphatic hydroxyl groups excluding tert-OH is 1. The van der Waals surface area contributed by atoms with Crippen molar-refractivity contribution >= 4 is 5.97 Å². The molecule has 2 aromatic carbocycles. The van der Waals surface area contributed by atoms with Crippen molar-refractivity contribution < 1.29 is 23.8 Å². The SMILES string of the molecule is COC(=O)c1cnc(C(O)C2CCc3cc(OCc4ccccc4)ccc3C2)o1. The third-order valence-corrected chi connectivity index (χ3v) is 5.30. The van der Waals surface area contributed by atoms with Gasteiger partial charge in [0.1, 0.15) is 18.5 Å². The van der Waals surface area contributed by atoms with Gasteiger partial charge in [0.2, 0.25) is 11.7 Å². The van der Waals surface area contributed by atoms with Crippen molar-refractivity contribution in [3.63, 3.8) is 0 Å². The van der Waals surface area contributed by atoms with Crippen LogP contribution < -0.4 is 4.74 Å². The third-order valence-electron chi connectivity index (χ3n) is 5.30. The van der Waals surface area contributed by atoms with E-state index in [1.807, 2.05) is 36.4 Å². The van der Waals surface area contributed by atoms with E-state index in [1.165, 1.54) is 24.4 Å². The number of fused-ring (bicyclic) bond motifs is 1. The Bertz CT molecular complexity index is 982. The number of methoxy groups -OCH3 is 1. The molecule has 3 aromatic rings. The van der Waals surface area contributed by atoms with Crippen LogP contribution in [-0.4, -0.2) is 23.2 Å². The first-order chi connectivity index (χ1) is 14.1. The Balaban J connectivity index is 1.40. The van der Waals surface area contributed by atoms with Crippen molar-refractivity contribution in [1.29, 1.82) is 0 Å². The number of benzene rings is 2. The summed E-state index contributed by atoms with van der Waals surface area (Å²) in [6.45, 7) is 0.535. The zero-order chi connectivity index (χ0) is 20.2. The molecule has 4 rings (SSSR count). The smallest absolute Gasteiger partial charge is 0.375 e. The summed E-state index contributed by atoms with van der Waals surface area (Å²) in [6.07, 6.45) is 2.77. The fourth-order valence-corrected chi connectivity index (χ4v) is 3.68. The van der Waals surface area contributed by atoms with Crippen molar-refractivity contribution in [1.82, 2.24) is 4.98 Å². The number of aryl methyl sites for hydroxylation is 1. The number of rotatable bonds is 6. The predicted octanol–water partition coefficient (Wildman–Crippen LogP) is 3.88. The zero-order valence-electron chi connectivity index (χ0n) is 16.2. The van der Waals surface area contributed by atoms with Gasteiger partial charge in [-0.05, 0) is 54.0 Å². The second-order valence-corrected chi connectivity index (χ2v) is 7.21. The summed E-state index contributed by atoms with van der Waals surface area (Å²) < 4.78 is 15.9. The molecular weight excluding hydrogens is 370 g/mol. The molecule has 2 unspecified atom stereocenters. The van der Waals surface area contributed by atoms with Crippen LogP contribution >= 0.6 is 0 Å². The summed E-state index contributed by atoms with van der Waals surface area (Å²) >= 11 is 0. The molecule has 0 saturated heterocycles. The molecule has 0 bridgehead atoms. The molecule has 1 aliphatic carbocycles. The molecule has 1 N–H and O–H groups in total. The van der Waals surface area contributed by atoms with E-state index in [2.05, 4.69) is 21.9 Å². The van der Waals surface area contributed by atoms with Gasteiger partial charge in [0.05, 0.1) is 13.3 Å². The quantitative estimate of drug-likeness (QED) is 0.640. The Kier molecular flexibility index (Phi) is 5.62. The van der Waals surface area contributed by atoms with E-state index in [0.29, 0.717) is 13.0 Å². The van der Waals surface area contributed by atoms with E-state index < -0.39 is 12.1 Å². The van der Waals surface area contributed by atoms with E-state index in [4.69, 9.17) is 9.15 Å². The minimum absolute atomic E-state index is 0.00188. The second-order valence-electron chi connectivity index (χ2n) is 7.21. The van der Waals surface area contributed by atoms with Crippen LogP contribution in [0.4, 0.5) is 0 Å². The molecule has 150 valence electrons. The molecule has 0 amide bonds. The molecule has 29 heavy (non-hydrogen) atoms. The van der Waals surface area contributed by atoms with E-state index in [0.717, 1.165) is 24.2 Å². The highest BCUT2D eigenvalue weighted by Crippen LogP contribution is 2.35. The third kappa shape index (κ3) is 4.32. The van der Waals surface area contributed by atoms with Crippen LogP contribution in [0.15, 0.2) is 59.1 Å². The molecule has 0 radical (unpaired) electrons. The largest absolute Gasteiger partial charge is 0.489 e. The van der Waals surface area contributed by atoms with Gasteiger partial charge in [-0.3, -0.25) is 0 Å². The number of aromatic nitrogens is 1. The molecule has 6 heteroatoms. The Hall–Kier alpha value is -3.12. The van der Waals surface area contributed by atoms with Gasteiger partial charge in [-0.15, -0.1) is 0 Å². The number of hydrogen-bond donors (Lipinski definition) is 1. The van der Waals surface area contributed by atoms with Crippen LogP contribution in [0.2, 0.25) is 0 Å². The number of carbonyl (C=O) groups is 1. The number of nitrogens with zero attached hydrogens (tertiary/aromatic N) is 1. The van der Waals surface area contributed by atoms with E-state index in [1.54, 1.807) is 0 Å². The van der Waals surface area contributed by atoms with Gasteiger partial charge >= 0.3 is 5.97 Å². The van der Waals surface area contributed by atoms with Crippen LogP contribution in [-0.2, 0) is 24.2 Å². The number of esters is 1. The van der Waals surface area contributed by atoms with Gasteiger partial charge < -0.3 is 19.0 Å². The summed E-state index contributed by atoms with van der Waals surface area (Å²) in [7, 11) is 1.27. The summed E-state index contributed by atoms with van der Waals surface area (Å²) in [6, 6.07) is 16.2. The van der Waals surface area contributed by atoms with Gasteiger partial charge in [-0.1, -0.05) is 36.4 Å². The van der Waals surface area contributed by atoms with Gasteiger partial charge in [0, 0.05) is 0 Å². The fraction of sp³-hybridized carbons (Fsp3) is 0.304. The van der Waals surface area contributed by atoms with E-state index in [-0.39, 0.29) is 17.6 Å². The number of oxazole rings is 1. The topological polar surface area (TPSA) is 81.8 Å². The molecule has 2 atom stereocenters. The monoisotopic (exact) mass is 393 g/mol. The van der Waals surface area contributed by atoms with Crippen LogP contribution in [0.25, 0.3) is 0 Å². The average Bonchev–Trinajstić information content (AvgIpc) is 3.27. The maximum absolute atomic E-state index is 11.5. The summed E-state index contributed by atoms with van der Waals surface area (Å²) in [4.78, 5) is 15.6. The van der Waals surface area contributed by atoms with Gasteiger partial charge in [0.25, 0.3) is 0 Å². The molecule has 6 nitrogen and oxygen atoms in total. The highest BCUT2D eigenvalue weighted by Gasteiger charge is 2.30. The van der Waals surface area contributed by atoms with Crippen molar-refractivity contribution in [2.45, 2.75) is 32.0 Å². The average molecular weight is 393 g/mol. The molecule has 1 aliphatic rings. The molecule has 1 heterocycles. The lowest BCUT2D eigenvalue weighted by molar-refractivity contribution is 0.0521. The van der Waals surface area contributed by atoms with Gasteiger partial charge in [-0.2, -0.15) is 0 Å². The van der Waals surface area contributed by atoms with Crippen LogP contribution in [0, 0.1) is 5.92 Å². The molecular formula is C23H23NO5. The zero-order valence-corrected chi connectivity index (χ0v) is 16.2. The second kappa shape index (κ2) is 8.49. The van der Waals surface area contributed by atoms with E-state index >= 15 is 0 Å². The Morgan fingerprint density at radius 1 is 1.24 bits per heavy atom. The normalized spacial score (nSPS) is 16.7. The lowest BCUT2D eigenvalue weighted by atomic mass is 9.81. The van der Waals surface area contributed by atoms with Crippen molar-refractivity contribution in [2.75, 3.05) is 7.11 Å². The highest BCUT2D eigenvalue weighted by atomic mass is 16.5. The van der Waals surface area contributed by atoms with Crippen molar-refractivity contribution in [3.8, 4) is 5.75 Å². The molecule has 1 aromatic heterocycles. The van der Waals surface area contributed by atoms with Crippen molar-refractivity contribution in [3.05, 3.63) is 83.1 Å². The number of aliphatic hydroxyl groups is 1. The lowest BCUT2D eigenvalue weighted by Gasteiger charge is -2.27. The van der Waals surface area contributed by atoms with Crippen LogP contribution in [0.5, 0.6) is 5.75 Å². The predicted molar refractivity (Wildman–Crippen MR) is 106 cm³/mol. The molecule has 0 saturated carbocycles. The van der Waals surface area contributed by atoms with E-state index in [9.17, 15) is 9.90 Å². The minimum atomic E-state index is -0.865. The highest BCUT2D eigenvalue weighted by molar-refractivity contribution is 5.85. The van der Waals surface area contributed by atoms with Crippen molar-refractivity contribution in [2.24, 2.45) is 5.92 Å². The maximum atomic E-state index is 11.5. The molecule has 0 spiro atoms. The first-order valence-corrected chi connectivity index (χ1v) is 9.64. The minimum Gasteiger partial charge on any atom is -0.489 e. The molecule has 0 fully saturated rings. The molecule has 0 aliphatic heterocycles.